The lowest BCUT2D eigenvalue weighted by atomic mass is 10.1. The van der Waals surface area contributed by atoms with Gasteiger partial charge in [-0.2, -0.15) is 13.2 Å². The van der Waals surface area contributed by atoms with E-state index < -0.39 is 17.6 Å². The summed E-state index contributed by atoms with van der Waals surface area (Å²) in [5.41, 5.74) is 3.97. The SMILES string of the molecule is Nc1ccc(NC(=O)c2sccc2Br)cc1C(F)(F)F. The number of nitrogens with one attached hydrogen (secondary N) is 1. The number of hydrogen-bond acceptors (Lipinski definition) is 3. The molecule has 3 N–H and O–H groups in total. The molecule has 3 nitrogen and oxygen atoms in total. The summed E-state index contributed by atoms with van der Waals surface area (Å²) in [4.78, 5) is 12.3. The van der Waals surface area contributed by atoms with E-state index in [2.05, 4.69) is 21.2 Å². The Morgan fingerprint density at radius 1 is 1.30 bits per heavy atom. The third-order valence-corrected chi connectivity index (χ3v) is 4.28. The maximum atomic E-state index is 12.7. The first-order valence-electron chi connectivity index (χ1n) is 5.30. The van der Waals surface area contributed by atoms with Crippen molar-refractivity contribution in [1.29, 1.82) is 0 Å². The minimum Gasteiger partial charge on any atom is -0.398 e. The molecule has 0 bridgehead atoms. The highest BCUT2D eigenvalue weighted by atomic mass is 79.9. The minimum atomic E-state index is -4.56. The third kappa shape index (κ3) is 3.13. The Morgan fingerprint density at radius 2 is 2.00 bits per heavy atom. The van der Waals surface area contributed by atoms with Gasteiger partial charge in [-0.1, -0.05) is 0 Å². The lowest BCUT2D eigenvalue weighted by Gasteiger charge is -2.12. The number of amides is 1. The van der Waals surface area contributed by atoms with E-state index in [1.165, 1.54) is 17.4 Å². The molecular weight excluding hydrogens is 357 g/mol. The van der Waals surface area contributed by atoms with Gasteiger partial charge < -0.3 is 11.1 Å². The molecule has 106 valence electrons. The van der Waals surface area contributed by atoms with Gasteiger partial charge in [0.15, 0.2) is 0 Å². The van der Waals surface area contributed by atoms with Crippen LogP contribution in [0.1, 0.15) is 15.2 Å². The number of rotatable bonds is 2. The smallest absolute Gasteiger partial charge is 0.398 e. The first-order chi connectivity index (χ1) is 9.29. The van der Waals surface area contributed by atoms with Crippen LogP contribution in [0, 0.1) is 0 Å². The molecule has 2 rings (SSSR count). The number of halogens is 4. The molecule has 1 aromatic heterocycles. The zero-order valence-corrected chi connectivity index (χ0v) is 12.2. The van der Waals surface area contributed by atoms with E-state index in [1.54, 1.807) is 11.4 Å². The Bertz CT molecular complexity index is 654. The molecular formula is C12H8BrF3N2OS. The Labute approximate surface area is 124 Å². The average molecular weight is 365 g/mol. The van der Waals surface area contributed by atoms with Crippen molar-refractivity contribution in [2.24, 2.45) is 0 Å². The molecule has 8 heteroatoms. The first-order valence-corrected chi connectivity index (χ1v) is 6.97. The molecule has 0 saturated heterocycles. The van der Waals surface area contributed by atoms with Crippen molar-refractivity contribution >= 4 is 44.5 Å². The Balaban J connectivity index is 2.27. The van der Waals surface area contributed by atoms with Crippen molar-refractivity contribution < 1.29 is 18.0 Å². The van der Waals surface area contributed by atoms with Crippen LogP contribution in [0.25, 0.3) is 0 Å². The van der Waals surface area contributed by atoms with Crippen molar-refractivity contribution in [2.45, 2.75) is 6.18 Å². The van der Waals surface area contributed by atoms with Gasteiger partial charge >= 0.3 is 6.18 Å². The van der Waals surface area contributed by atoms with E-state index in [4.69, 9.17) is 5.73 Å². The van der Waals surface area contributed by atoms with Crippen molar-refractivity contribution in [3.05, 3.63) is 44.6 Å². The molecule has 0 unspecified atom stereocenters. The molecule has 0 radical (unpaired) electrons. The second-order valence-electron chi connectivity index (χ2n) is 3.85. The highest BCUT2D eigenvalue weighted by molar-refractivity contribution is 9.10. The van der Waals surface area contributed by atoms with Crippen LogP contribution in [0.4, 0.5) is 24.5 Å². The van der Waals surface area contributed by atoms with Crippen molar-refractivity contribution in [3.8, 4) is 0 Å². The van der Waals surface area contributed by atoms with Crippen LogP contribution in [-0.4, -0.2) is 5.91 Å². The summed E-state index contributed by atoms with van der Waals surface area (Å²) in [5.74, 6) is -0.482. The fourth-order valence-corrected chi connectivity index (χ4v) is 2.97. The van der Waals surface area contributed by atoms with Crippen molar-refractivity contribution in [2.75, 3.05) is 11.1 Å². The summed E-state index contributed by atoms with van der Waals surface area (Å²) in [7, 11) is 0. The average Bonchev–Trinajstić information content (AvgIpc) is 2.76. The summed E-state index contributed by atoms with van der Waals surface area (Å²) in [6.45, 7) is 0. The molecule has 0 fully saturated rings. The summed E-state index contributed by atoms with van der Waals surface area (Å²) in [6.07, 6.45) is -4.56. The predicted octanol–water partition coefficient (Wildman–Crippen LogP) is 4.36. The van der Waals surface area contributed by atoms with Crippen LogP contribution in [0.2, 0.25) is 0 Å². The molecule has 0 aliphatic rings. The highest BCUT2D eigenvalue weighted by Gasteiger charge is 2.33. The normalized spacial score (nSPS) is 11.4. The van der Waals surface area contributed by atoms with E-state index in [0.717, 1.165) is 12.1 Å². The van der Waals surface area contributed by atoms with E-state index in [9.17, 15) is 18.0 Å². The van der Waals surface area contributed by atoms with Gasteiger partial charge in [0, 0.05) is 15.8 Å². The van der Waals surface area contributed by atoms with Gasteiger partial charge in [-0.25, -0.2) is 0 Å². The zero-order chi connectivity index (χ0) is 14.9. The number of carbonyl (C=O) groups excluding carboxylic acids is 1. The minimum absolute atomic E-state index is 0.0387. The molecule has 2 aromatic rings. The molecule has 0 aliphatic carbocycles. The topological polar surface area (TPSA) is 55.1 Å². The summed E-state index contributed by atoms with van der Waals surface area (Å²) in [6, 6.07) is 4.93. The largest absolute Gasteiger partial charge is 0.418 e. The summed E-state index contributed by atoms with van der Waals surface area (Å²) in [5, 5.41) is 4.11. The molecule has 1 amide bonds. The summed E-state index contributed by atoms with van der Waals surface area (Å²) < 4.78 is 38.7. The fourth-order valence-electron chi connectivity index (χ4n) is 1.52. The second-order valence-corrected chi connectivity index (χ2v) is 5.62. The van der Waals surface area contributed by atoms with Gasteiger partial charge in [-0.05, 0) is 45.6 Å². The standard InChI is InChI=1S/C12H8BrF3N2OS/c13-8-3-4-20-10(8)11(19)18-6-1-2-9(17)7(5-6)12(14,15)16/h1-5H,17H2,(H,18,19). The third-order valence-electron chi connectivity index (χ3n) is 2.44. The second kappa shape index (κ2) is 5.45. The van der Waals surface area contributed by atoms with Crippen molar-refractivity contribution in [3.63, 3.8) is 0 Å². The fraction of sp³-hybridized carbons (Fsp3) is 0.0833. The van der Waals surface area contributed by atoms with Crippen molar-refractivity contribution in [1.82, 2.24) is 0 Å². The van der Waals surface area contributed by atoms with Gasteiger partial charge in [0.25, 0.3) is 5.91 Å². The molecule has 1 aromatic carbocycles. The van der Waals surface area contributed by atoms with E-state index in [-0.39, 0.29) is 11.4 Å². The molecule has 1 heterocycles. The van der Waals surface area contributed by atoms with Gasteiger partial charge in [0.2, 0.25) is 0 Å². The van der Waals surface area contributed by atoms with Crippen LogP contribution in [0.5, 0.6) is 0 Å². The van der Waals surface area contributed by atoms with Crippen LogP contribution in [0.3, 0.4) is 0 Å². The summed E-state index contributed by atoms with van der Waals surface area (Å²) >= 11 is 4.37. The van der Waals surface area contributed by atoms with E-state index in [0.29, 0.717) is 9.35 Å². The lowest BCUT2D eigenvalue weighted by Crippen LogP contribution is -2.13. The van der Waals surface area contributed by atoms with Crippen LogP contribution in [0.15, 0.2) is 34.1 Å². The zero-order valence-electron chi connectivity index (χ0n) is 9.79. The van der Waals surface area contributed by atoms with Crippen LogP contribution in [-0.2, 0) is 6.18 Å². The van der Waals surface area contributed by atoms with Gasteiger partial charge in [0.05, 0.1) is 5.56 Å². The molecule has 0 atom stereocenters. The molecule has 20 heavy (non-hydrogen) atoms. The Morgan fingerprint density at radius 3 is 2.55 bits per heavy atom. The number of alkyl halides is 3. The number of hydrogen-bond donors (Lipinski definition) is 2. The van der Waals surface area contributed by atoms with E-state index in [1.807, 2.05) is 0 Å². The molecule has 0 saturated carbocycles. The molecule has 0 spiro atoms. The number of thiophene rings is 1. The monoisotopic (exact) mass is 364 g/mol. The molecule has 0 aliphatic heterocycles. The number of benzene rings is 1. The number of nitrogen functional groups attached to an aromatic ring is 1. The number of anilines is 2. The lowest BCUT2D eigenvalue weighted by molar-refractivity contribution is -0.136. The van der Waals surface area contributed by atoms with Gasteiger partial charge in [-0.3, -0.25) is 4.79 Å². The Hall–Kier alpha value is -1.54. The van der Waals surface area contributed by atoms with Crippen LogP contribution < -0.4 is 11.1 Å². The van der Waals surface area contributed by atoms with Crippen LogP contribution >= 0.6 is 27.3 Å². The van der Waals surface area contributed by atoms with Gasteiger partial charge in [-0.15, -0.1) is 11.3 Å². The van der Waals surface area contributed by atoms with E-state index >= 15 is 0 Å². The quantitative estimate of drug-likeness (QED) is 0.777. The number of nitrogens with two attached hydrogens (primary N) is 1. The maximum absolute atomic E-state index is 12.7. The maximum Gasteiger partial charge on any atom is 0.418 e. The Kier molecular flexibility index (Phi) is 4.05. The first kappa shape index (κ1) is 14.9. The number of carbonyl (C=O) groups is 1. The highest BCUT2D eigenvalue weighted by Crippen LogP contribution is 2.35. The van der Waals surface area contributed by atoms with Gasteiger partial charge in [0.1, 0.15) is 4.88 Å². The predicted molar refractivity (Wildman–Crippen MR) is 75.8 cm³/mol.